The van der Waals surface area contributed by atoms with Gasteiger partial charge in [-0.05, 0) is 37.1 Å². The van der Waals surface area contributed by atoms with Gasteiger partial charge in [-0.2, -0.15) is 0 Å². The van der Waals surface area contributed by atoms with E-state index < -0.39 is 0 Å². The van der Waals surface area contributed by atoms with Crippen molar-refractivity contribution in [1.82, 2.24) is 4.98 Å². The van der Waals surface area contributed by atoms with Crippen LogP contribution < -0.4 is 0 Å². The zero-order chi connectivity index (χ0) is 16.1. The highest BCUT2D eigenvalue weighted by atomic mass is 16.3. The van der Waals surface area contributed by atoms with Crippen molar-refractivity contribution >= 4 is 28.0 Å². The maximum absolute atomic E-state index is 12.6. The van der Waals surface area contributed by atoms with Crippen LogP contribution >= 0.6 is 0 Å². The quantitative estimate of drug-likeness (QED) is 0.721. The van der Waals surface area contributed by atoms with Gasteiger partial charge in [-0.1, -0.05) is 36.4 Å². The fourth-order valence-electron chi connectivity index (χ4n) is 3.24. The highest BCUT2D eigenvalue weighted by Crippen LogP contribution is 2.36. The van der Waals surface area contributed by atoms with Gasteiger partial charge < -0.3 is 5.11 Å². The van der Waals surface area contributed by atoms with Crippen LogP contribution in [0.2, 0.25) is 0 Å². The van der Waals surface area contributed by atoms with Crippen LogP contribution in [-0.4, -0.2) is 15.9 Å². The summed E-state index contributed by atoms with van der Waals surface area (Å²) in [7, 11) is 0. The van der Waals surface area contributed by atoms with E-state index in [-0.39, 0.29) is 17.1 Å². The first kappa shape index (κ1) is 13.7. The maximum Gasteiger partial charge on any atom is 0.199 e. The number of aromatic nitrogens is 1. The maximum atomic E-state index is 12.6. The van der Waals surface area contributed by atoms with Gasteiger partial charge in [-0.3, -0.25) is 4.79 Å². The Morgan fingerprint density at radius 2 is 1.70 bits per heavy atom. The molecule has 0 fully saturated rings. The Morgan fingerprint density at radius 1 is 0.957 bits per heavy atom. The minimum Gasteiger partial charge on any atom is -0.506 e. The molecule has 112 valence electrons. The zero-order valence-electron chi connectivity index (χ0n) is 12.9. The lowest BCUT2D eigenvalue weighted by atomic mass is 10.0. The lowest BCUT2D eigenvalue weighted by molar-refractivity contribution is 0.105. The Morgan fingerprint density at radius 3 is 2.43 bits per heavy atom. The second kappa shape index (κ2) is 4.78. The topological polar surface area (TPSA) is 50.2 Å². The van der Waals surface area contributed by atoms with Gasteiger partial charge in [0, 0.05) is 16.5 Å². The number of Topliss-reactive ketones (excluding diaryl/α,β-unsaturated/α-hetero) is 1. The smallest absolute Gasteiger partial charge is 0.199 e. The molecule has 0 unspecified atom stereocenters. The van der Waals surface area contributed by atoms with Crippen molar-refractivity contribution in [3.63, 3.8) is 0 Å². The first-order chi connectivity index (χ1) is 11.1. The zero-order valence-corrected chi connectivity index (χ0v) is 12.9. The number of benzene rings is 2. The van der Waals surface area contributed by atoms with Crippen molar-refractivity contribution in [2.75, 3.05) is 0 Å². The number of carbonyl (C=O) groups excluding carboxylic acids is 1. The Hall–Kier alpha value is -2.94. The number of allylic oxidation sites excluding steroid dienone is 1. The molecule has 0 spiro atoms. The molecule has 2 aromatic carbocycles. The van der Waals surface area contributed by atoms with Crippen LogP contribution in [0.5, 0.6) is 0 Å². The molecule has 0 saturated carbocycles. The monoisotopic (exact) mass is 301 g/mol. The van der Waals surface area contributed by atoms with E-state index in [1.165, 1.54) is 0 Å². The number of fused-ring (bicyclic) bond motifs is 2. The first-order valence-electron chi connectivity index (χ1n) is 7.52. The Labute approximate surface area is 133 Å². The third-order valence-electron chi connectivity index (χ3n) is 4.30. The van der Waals surface area contributed by atoms with Gasteiger partial charge >= 0.3 is 0 Å². The van der Waals surface area contributed by atoms with E-state index in [9.17, 15) is 9.90 Å². The van der Waals surface area contributed by atoms with Gasteiger partial charge in [0.1, 0.15) is 5.76 Å². The van der Waals surface area contributed by atoms with E-state index in [1.54, 1.807) is 24.3 Å². The van der Waals surface area contributed by atoms with Crippen LogP contribution in [-0.2, 0) is 0 Å². The van der Waals surface area contributed by atoms with Gasteiger partial charge in [-0.15, -0.1) is 0 Å². The van der Waals surface area contributed by atoms with Crippen LogP contribution in [0.15, 0.2) is 48.5 Å². The molecule has 3 aromatic rings. The average Bonchev–Trinajstić information content (AvgIpc) is 2.78. The van der Waals surface area contributed by atoms with Crippen LogP contribution in [0.4, 0.5) is 0 Å². The van der Waals surface area contributed by atoms with Crippen molar-refractivity contribution in [3.05, 3.63) is 76.5 Å². The number of aliphatic hydroxyl groups excluding tert-OH is 1. The number of pyridine rings is 1. The summed E-state index contributed by atoms with van der Waals surface area (Å²) < 4.78 is 0. The molecule has 1 aliphatic rings. The van der Waals surface area contributed by atoms with Gasteiger partial charge in [0.2, 0.25) is 0 Å². The van der Waals surface area contributed by atoms with Crippen molar-refractivity contribution in [1.29, 1.82) is 0 Å². The molecule has 3 nitrogen and oxygen atoms in total. The molecule has 1 N–H and O–H groups in total. The summed E-state index contributed by atoms with van der Waals surface area (Å²) in [6.45, 7) is 4.07. The standard InChI is InChI=1S/C20H15NO2/c1-11-9-12(2)13-7-8-16(21-17(13)10-11)18-19(22)14-5-3-4-6-15(14)20(18)23/h3-10,22H,1-2H3. The summed E-state index contributed by atoms with van der Waals surface area (Å²) in [5, 5.41) is 11.5. The summed E-state index contributed by atoms with van der Waals surface area (Å²) in [4.78, 5) is 17.2. The number of hydrogen-bond donors (Lipinski definition) is 1. The molecule has 23 heavy (non-hydrogen) atoms. The van der Waals surface area contributed by atoms with Crippen molar-refractivity contribution < 1.29 is 9.90 Å². The summed E-state index contributed by atoms with van der Waals surface area (Å²) >= 11 is 0. The highest BCUT2D eigenvalue weighted by molar-refractivity contribution is 6.38. The fraction of sp³-hybridized carbons (Fsp3) is 0.100. The second-order valence-corrected chi connectivity index (χ2v) is 5.94. The molecule has 0 amide bonds. The van der Waals surface area contributed by atoms with Gasteiger partial charge in [0.25, 0.3) is 0 Å². The highest BCUT2D eigenvalue weighted by Gasteiger charge is 2.31. The summed E-state index contributed by atoms with van der Waals surface area (Å²) in [5.74, 6) is -0.156. The van der Waals surface area contributed by atoms with E-state index >= 15 is 0 Å². The molecule has 1 heterocycles. The average molecular weight is 301 g/mol. The Bertz CT molecular complexity index is 1020. The first-order valence-corrected chi connectivity index (χ1v) is 7.52. The Kier molecular flexibility index (Phi) is 2.85. The minimum absolute atomic E-state index is 0.0156. The number of ketones is 1. The van der Waals surface area contributed by atoms with E-state index in [0.29, 0.717) is 16.8 Å². The number of aryl methyl sites for hydroxylation is 2. The van der Waals surface area contributed by atoms with E-state index in [2.05, 4.69) is 11.1 Å². The van der Waals surface area contributed by atoms with Crippen molar-refractivity contribution in [3.8, 4) is 0 Å². The molecule has 1 aromatic heterocycles. The van der Waals surface area contributed by atoms with Gasteiger partial charge in [-0.25, -0.2) is 4.98 Å². The molecule has 0 atom stereocenters. The Balaban J connectivity index is 1.94. The normalized spacial score (nSPS) is 13.7. The van der Waals surface area contributed by atoms with E-state index in [4.69, 9.17) is 0 Å². The summed E-state index contributed by atoms with van der Waals surface area (Å²) in [6, 6.07) is 15.0. The SMILES string of the molecule is Cc1cc(C)c2ccc(C3=C(O)c4ccccc4C3=O)nc2c1. The van der Waals surface area contributed by atoms with Crippen molar-refractivity contribution in [2.24, 2.45) is 0 Å². The summed E-state index contributed by atoms with van der Waals surface area (Å²) in [6.07, 6.45) is 0. The molecule has 3 heteroatoms. The predicted molar refractivity (Wildman–Crippen MR) is 91.4 cm³/mol. The number of rotatable bonds is 1. The van der Waals surface area contributed by atoms with E-state index in [1.807, 2.05) is 32.0 Å². The third-order valence-corrected chi connectivity index (χ3v) is 4.30. The number of aliphatic hydroxyl groups is 1. The largest absolute Gasteiger partial charge is 0.506 e. The molecule has 0 radical (unpaired) electrons. The second-order valence-electron chi connectivity index (χ2n) is 5.94. The van der Waals surface area contributed by atoms with Crippen LogP contribution in [0, 0.1) is 13.8 Å². The predicted octanol–water partition coefficient (Wildman–Crippen LogP) is 4.47. The van der Waals surface area contributed by atoms with Crippen LogP contribution in [0.1, 0.15) is 32.7 Å². The van der Waals surface area contributed by atoms with Crippen LogP contribution in [0.25, 0.3) is 22.2 Å². The lowest BCUT2D eigenvalue weighted by Gasteiger charge is -2.07. The summed E-state index contributed by atoms with van der Waals surface area (Å²) in [5.41, 5.74) is 5.02. The van der Waals surface area contributed by atoms with Crippen molar-refractivity contribution in [2.45, 2.75) is 13.8 Å². The third kappa shape index (κ3) is 1.97. The molecule has 1 aliphatic carbocycles. The van der Waals surface area contributed by atoms with Gasteiger partial charge in [0.05, 0.1) is 16.8 Å². The van der Waals surface area contributed by atoms with E-state index in [0.717, 1.165) is 22.0 Å². The number of hydrogen-bond acceptors (Lipinski definition) is 3. The fourth-order valence-corrected chi connectivity index (χ4v) is 3.24. The number of nitrogens with zero attached hydrogens (tertiary/aromatic N) is 1. The molecule has 4 rings (SSSR count). The molecular formula is C20H15NO2. The molecule has 0 aliphatic heterocycles. The minimum atomic E-state index is -0.172. The molecular weight excluding hydrogens is 286 g/mol. The molecule has 0 bridgehead atoms. The number of carbonyl (C=O) groups is 1. The molecule has 0 saturated heterocycles. The van der Waals surface area contributed by atoms with Gasteiger partial charge in [0.15, 0.2) is 5.78 Å². The lowest BCUT2D eigenvalue weighted by Crippen LogP contribution is -2.01. The van der Waals surface area contributed by atoms with Crippen LogP contribution in [0.3, 0.4) is 0 Å².